The molecule has 1 amide bonds. The SMILES string of the molecule is CCCCCCCn1nc(NC(=O)c2cccnc2)c2cc(Br)c(-c3ccc(OP(=O)(O)CCC)cc3)nc21. The third kappa shape index (κ3) is 7.53. The molecule has 3 heterocycles. The van der Waals surface area contributed by atoms with Gasteiger partial charge < -0.3 is 14.7 Å². The second kappa shape index (κ2) is 13.3. The van der Waals surface area contributed by atoms with Crippen molar-refractivity contribution in [2.24, 2.45) is 0 Å². The van der Waals surface area contributed by atoms with E-state index in [9.17, 15) is 14.3 Å². The summed E-state index contributed by atoms with van der Waals surface area (Å²) >= 11 is 3.64. The normalized spacial score (nSPS) is 12.8. The molecule has 0 aliphatic carbocycles. The molecule has 0 aliphatic heterocycles. The van der Waals surface area contributed by atoms with Crippen molar-refractivity contribution in [2.45, 2.75) is 58.9 Å². The quantitative estimate of drug-likeness (QED) is 0.119. The standard InChI is InChI=1S/C28H33BrN5O4P/c1-3-5-6-7-8-16-34-27-23(26(33-34)32-28(35)21-10-9-15-30-19-21)18-24(29)25(31-27)20-11-13-22(14-12-20)38-39(36,37)17-4-2/h9-15,18-19H,3-8,16-17H2,1-2H3,(H,36,37)(H,32,33,35). The van der Waals surface area contributed by atoms with Gasteiger partial charge in [-0.3, -0.25) is 9.78 Å². The lowest BCUT2D eigenvalue weighted by molar-refractivity contribution is 0.102. The van der Waals surface area contributed by atoms with E-state index in [1.807, 2.05) is 17.7 Å². The fraction of sp³-hybridized carbons (Fsp3) is 0.357. The summed E-state index contributed by atoms with van der Waals surface area (Å²) in [6.45, 7) is 4.70. The van der Waals surface area contributed by atoms with Crippen LogP contribution in [-0.4, -0.2) is 36.7 Å². The molecule has 0 saturated heterocycles. The Morgan fingerprint density at radius 3 is 2.56 bits per heavy atom. The number of nitrogens with one attached hydrogen (secondary N) is 1. The fourth-order valence-electron chi connectivity index (χ4n) is 4.23. The Bertz CT molecular complexity index is 1460. The Balaban J connectivity index is 1.65. The zero-order valence-corrected chi connectivity index (χ0v) is 24.6. The molecule has 11 heteroatoms. The Morgan fingerprint density at radius 1 is 1.10 bits per heavy atom. The van der Waals surface area contributed by atoms with Gasteiger partial charge >= 0.3 is 7.60 Å². The highest BCUT2D eigenvalue weighted by Gasteiger charge is 2.21. The minimum absolute atomic E-state index is 0.0978. The topological polar surface area (TPSA) is 119 Å². The molecule has 4 aromatic rings. The van der Waals surface area contributed by atoms with E-state index in [0.717, 1.165) is 34.7 Å². The van der Waals surface area contributed by atoms with Crippen LogP contribution in [0.3, 0.4) is 0 Å². The van der Waals surface area contributed by atoms with Crippen LogP contribution in [0.25, 0.3) is 22.3 Å². The summed E-state index contributed by atoms with van der Waals surface area (Å²) in [5.74, 6) is 0.468. The highest BCUT2D eigenvalue weighted by molar-refractivity contribution is 9.10. The number of anilines is 1. The van der Waals surface area contributed by atoms with Gasteiger partial charge in [0.1, 0.15) is 5.75 Å². The van der Waals surface area contributed by atoms with Gasteiger partial charge in [0.15, 0.2) is 11.5 Å². The fourth-order valence-corrected chi connectivity index (χ4v) is 5.89. The zero-order valence-electron chi connectivity index (χ0n) is 22.1. The first-order valence-corrected chi connectivity index (χ1v) is 15.8. The number of fused-ring (bicyclic) bond motifs is 1. The van der Waals surface area contributed by atoms with Crippen LogP contribution in [0.4, 0.5) is 5.82 Å². The number of pyridine rings is 2. The molecule has 0 radical (unpaired) electrons. The minimum atomic E-state index is -3.67. The maximum atomic E-state index is 12.9. The summed E-state index contributed by atoms with van der Waals surface area (Å²) in [4.78, 5) is 31.8. The molecule has 3 aromatic heterocycles. The van der Waals surface area contributed by atoms with Gasteiger partial charge in [0.2, 0.25) is 0 Å². The number of benzene rings is 1. The number of rotatable bonds is 13. The lowest BCUT2D eigenvalue weighted by Crippen LogP contribution is -2.13. The van der Waals surface area contributed by atoms with Crippen LogP contribution in [-0.2, 0) is 11.1 Å². The van der Waals surface area contributed by atoms with Gasteiger partial charge in [0.05, 0.1) is 22.8 Å². The lowest BCUT2D eigenvalue weighted by Gasteiger charge is -2.13. The van der Waals surface area contributed by atoms with Crippen molar-refractivity contribution in [1.82, 2.24) is 19.7 Å². The second-order valence-electron chi connectivity index (χ2n) is 9.35. The molecule has 1 atom stereocenters. The summed E-state index contributed by atoms with van der Waals surface area (Å²) in [7, 11) is -3.67. The van der Waals surface area contributed by atoms with E-state index in [1.54, 1.807) is 42.6 Å². The maximum Gasteiger partial charge on any atom is 0.376 e. The molecule has 1 aromatic carbocycles. The number of hydrogen-bond donors (Lipinski definition) is 2. The number of unbranched alkanes of at least 4 members (excludes halogenated alkanes) is 4. The van der Waals surface area contributed by atoms with Gasteiger partial charge in [-0.15, -0.1) is 0 Å². The largest absolute Gasteiger partial charge is 0.424 e. The van der Waals surface area contributed by atoms with Crippen LogP contribution in [0.2, 0.25) is 0 Å². The number of amides is 1. The van der Waals surface area contributed by atoms with Crippen molar-refractivity contribution in [2.75, 3.05) is 11.5 Å². The van der Waals surface area contributed by atoms with Gasteiger partial charge in [0.25, 0.3) is 5.91 Å². The molecule has 0 saturated carbocycles. The Labute approximate surface area is 236 Å². The van der Waals surface area contributed by atoms with Crippen LogP contribution < -0.4 is 9.84 Å². The van der Waals surface area contributed by atoms with E-state index < -0.39 is 7.60 Å². The second-order valence-corrected chi connectivity index (χ2v) is 12.1. The first kappa shape index (κ1) is 28.9. The lowest BCUT2D eigenvalue weighted by atomic mass is 10.1. The van der Waals surface area contributed by atoms with Crippen LogP contribution in [0, 0.1) is 0 Å². The molecule has 0 fully saturated rings. The van der Waals surface area contributed by atoms with Crippen molar-refractivity contribution in [3.63, 3.8) is 0 Å². The zero-order chi connectivity index (χ0) is 27.8. The Kier molecular flexibility index (Phi) is 9.88. The summed E-state index contributed by atoms with van der Waals surface area (Å²) in [5, 5.41) is 8.36. The van der Waals surface area contributed by atoms with E-state index in [0.29, 0.717) is 41.4 Å². The van der Waals surface area contributed by atoms with Crippen molar-refractivity contribution in [3.8, 4) is 17.0 Å². The average molecular weight is 614 g/mol. The number of aryl methyl sites for hydroxylation is 1. The van der Waals surface area contributed by atoms with Gasteiger partial charge in [-0.1, -0.05) is 39.5 Å². The van der Waals surface area contributed by atoms with Crippen molar-refractivity contribution < 1.29 is 18.8 Å². The molecule has 39 heavy (non-hydrogen) atoms. The first-order valence-electron chi connectivity index (χ1n) is 13.2. The summed E-state index contributed by atoms with van der Waals surface area (Å²) in [6, 6.07) is 12.3. The number of nitrogens with zero attached hydrogens (tertiary/aromatic N) is 4. The summed E-state index contributed by atoms with van der Waals surface area (Å²) < 4.78 is 20.1. The van der Waals surface area contributed by atoms with Gasteiger partial charge in [0, 0.05) is 29.0 Å². The highest BCUT2D eigenvalue weighted by atomic mass is 79.9. The van der Waals surface area contributed by atoms with Crippen LogP contribution in [0.5, 0.6) is 5.75 Å². The van der Waals surface area contributed by atoms with Crippen LogP contribution in [0.15, 0.2) is 59.3 Å². The van der Waals surface area contributed by atoms with Crippen molar-refractivity contribution in [1.29, 1.82) is 0 Å². The molecule has 1 unspecified atom stereocenters. The number of carbonyl (C=O) groups is 1. The highest BCUT2D eigenvalue weighted by Crippen LogP contribution is 2.43. The van der Waals surface area contributed by atoms with E-state index >= 15 is 0 Å². The van der Waals surface area contributed by atoms with Gasteiger partial charge in [-0.25, -0.2) is 14.2 Å². The first-order chi connectivity index (χ1) is 18.8. The molecular weight excluding hydrogens is 581 g/mol. The average Bonchev–Trinajstić information content (AvgIpc) is 3.24. The molecule has 9 nitrogen and oxygen atoms in total. The molecule has 0 spiro atoms. The maximum absolute atomic E-state index is 12.9. The summed E-state index contributed by atoms with van der Waals surface area (Å²) in [6.07, 6.45) is 9.36. The van der Waals surface area contributed by atoms with E-state index in [-0.39, 0.29) is 12.1 Å². The molecule has 0 bridgehead atoms. The predicted molar refractivity (Wildman–Crippen MR) is 157 cm³/mol. The molecule has 2 N–H and O–H groups in total. The van der Waals surface area contributed by atoms with E-state index in [1.165, 1.54) is 19.0 Å². The molecule has 0 aliphatic rings. The number of halogens is 1. The van der Waals surface area contributed by atoms with Crippen LogP contribution >= 0.6 is 23.5 Å². The smallest absolute Gasteiger partial charge is 0.376 e. The number of carbonyl (C=O) groups excluding carboxylic acids is 1. The van der Waals surface area contributed by atoms with E-state index in [2.05, 4.69) is 33.2 Å². The number of hydrogen-bond acceptors (Lipinski definition) is 6. The molecule has 206 valence electrons. The van der Waals surface area contributed by atoms with Crippen molar-refractivity contribution in [3.05, 3.63) is 64.9 Å². The molecule has 4 rings (SSSR count). The van der Waals surface area contributed by atoms with Gasteiger partial charge in [-0.05, 0) is 71.2 Å². The number of aromatic nitrogens is 4. The van der Waals surface area contributed by atoms with E-state index in [4.69, 9.17) is 14.6 Å². The minimum Gasteiger partial charge on any atom is -0.424 e. The Morgan fingerprint density at radius 2 is 1.87 bits per heavy atom. The van der Waals surface area contributed by atoms with Crippen LogP contribution in [0.1, 0.15) is 62.7 Å². The molecular formula is C28H33BrN5O4P. The van der Waals surface area contributed by atoms with Crippen molar-refractivity contribution >= 4 is 46.3 Å². The van der Waals surface area contributed by atoms with Gasteiger partial charge in [-0.2, -0.15) is 5.10 Å². The monoisotopic (exact) mass is 613 g/mol. The predicted octanol–water partition coefficient (Wildman–Crippen LogP) is 7.45. The Hall–Kier alpha value is -3.07. The third-order valence-electron chi connectivity index (χ3n) is 6.19. The summed E-state index contributed by atoms with van der Waals surface area (Å²) in [5.41, 5.74) is 2.59. The third-order valence-corrected chi connectivity index (χ3v) is 8.30.